The molecule has 0 saturated heterocycles. The molecule has 0 aliphatic rings. The van der Waals surface area contributed by atoms with Gasteiger partial charge in [0.25, 0.3) is 0 Å². The van der Waals surface area contributed by atoms with Crippen molar-refractivity contribution in [3.63, 3.8) is 0 Å². The van der Waals surface area contributed by atoms with Crippen LogP contribution in [0.4, 0.5) is 5.69 Å². The Hall–Kier alpha value is -0.870. The molecule has 1 rings (SSSR count). The molecule has 0 saturated carbocycles. The second kappa shape index (κ2) is 6.17. The number of halogens is 1. The van der Waals surface area contributed by atoms with Crippen molar-refractivity contribution in [1.29, 1.82) is 0 Å². The lowest BCUT2D eigenvalue weighted by Crippen LogP contribution is -2.40. The molecule has 0 bridgehead atoms. The van der Waals surface area contributed by atoms with Crippen molar-refractivity contribution < 1.29 is 4.79 Å². The average Bonchev–Trinajstić information content (AvgIpc) is 2.32. The lowest BCUT2D eigenvalue weighted by atomic mass is 9.99. The molecule has 4 heteroatoms. The maximum Gasteiger partial charge on any atom is 0.241 e. The van der Waals surface area contributed by atoms with E-state index in [2.05, 4.69) is 21.2 Å². The van der Waals surface area contributed by atoms with E-state index >= 15 is 0 Å². The van der Waals surface area contributed by atoms with Gasteiger partial charge in [-0.05, 0) is 30.5 Å². The van der Waals surface area contributed by atoms with Crippen LogP contribution in [0.25, 0.3) is 0 Å². The smallest absolute Gasteiger partial charge is 0.241 e. The monoisotopic (exact) mass is 298 g/mol. The lowest BCUT2D eigenvalue weighted by molar-refractivity contribution is -0.118. The minimum Gasteiger partial charge on any atom is -0.324 e. The van der Waals surface area contributed by atoms with Crippen LogP contribution in [0, 0.1) is 12.8 Å². The third-order valence-corrected chi connectivity index (χ3v) is 3.94. The molecule has 0 spiro atoms. The van der Waals surface area contributed by atoms with Crippen molar-refractivity contribution in [2.24, 2.45) is 11.7 Å². The van der Waals surface area contributed by atoms with Crippen molar-refractivity contribution in [2.75, 3.05) is 5.32 Å². The second-order valence-corrected chi connectivity index (χ2v) is 5.17. The summed E-state index contributed by atoms with van der Waals surface area (Å²) in [5.41, 5.74) is 7.70. The van der Waals surface area contributed by atoms with E-state index in [9.17, 15) is 4.79 Å². The highest BCUT2D eigenvalue weighted by Gasteiger charge is 2.19. The summed E-state index contributed by atoms with van der Waals surface area (Å²) in [6.45, 7) is 5.97. The van der Waals surface area contributed by atoms with Crippen LogP contribution in [-0.4, -0.2) is 11.9 Å². The summed E-state index contributed by atoms with van der Waals surface area (Å²) in [6.07, 6.45) is 0.895. The van der Waals surface area contributed by atoms with Gasteiger partial charge in [-0.25, -0.2) is 0 Å². The summed E-state index contributed by atoms with van der Waals surface area (Å²) in [5.74, 6) is 0.0583. The van der Waals surface area contributed by atoms with Gasteiger partial charge in [0.05, 0.1) is 6.04 Å². The van der Waals surface area contributed by atoms with E-state index in [1.54, 1.807) is 0 Å². The average molecular weight is 299 g/mol. The summed E-state index contributed by atoms with van der Waals surface area (Å²) in [7, 11) is 0. The van der Waals surface area contributed by atoms with Gasteiger partial charge in [-0.3, -0.25) is 4.79 Å². The fourth-order valence-electron chi connectivity index (χ4n) is 1.47. The fraction of sp³-hybridized carbons (Fsp3) is 0.462. The quantitative estimate of drug-likeness (QED) is 0.897. The number of hydrogen-bond donors (Lipinski definition) is 2. The van der Waals surface area contributed by atoms with Crippen molar-refractivity contribution in [1.82, 2.24) is 0 Å². The molecule has 0 heterocycles. The largest absolute Gasteiger partial charge is 0.324 e. The van der Waals surface area contributed by atoms with Crippen LogP contribution in [0.2, 0.25) is 0 Å². The molecule has 0 aliphatic carbocycles. The molecule has 0 aliphatic heterocycles. The van der Waals surface area contributed by atoms with Crippen molar-refractivity contribution >= 4 is 27.5 Å². The number of nitrogens with two attached hydrogens (primary N) is 1. The number of hydrogen-bond acceptors (Lipinski definition) is 2. The summed E-state index contributed by atoms with van der Waals surface area (Å²) < 4.78 is 0.979. The zero-order chi connectivity index (χ0) is 13.0. The second-order valence-electron chi connectivity index (χ2n) is 4.31. The number of nitrogens with one attached hydrogen (secondary N) is 1. The van der Waals surface area contributed by atoms with Crippen LogP contribution in [0.5, 0.6) is 0 Å². The molecule has 3 N–H and O–H groups in total. The third kappa shape index (κ3) is 3.54. The SMILES string of the molecule is CCC(C)[C@H](N)C(=O)Nc1cccc(Br)c1C. The maximum absolute atomic E-state index is 11.9. The summed E-state index contributed by atoms with van der Waals surface area (Å²) in [5, 5.41) is 2.87. The van der Waals surface area contributed by atoms with E-state index in [0.29, 0.717) is 0 Å². The number of carbonyl (C=O) groups excluding carboxylic acids is 1. The van der Waals surface area contributed by atoms with Gasteiger partial charge in [0.1, 0.15) is 0 Å². The number of benzene rings is 1. The Balaban J connectivity index is 2.78. The van der Waals surface area contributed by atoms with E-state index < -0.39 is 6.04 Å². The Bertz CT molecular complexity index is 406. The van der Waals surface area contributed by atoms with E-state index in [1.165, 1.54) is 0 Å². The van der Waals surface area contributed by atoms with Gasteiger partial charge in [0.2, 0.25) is 5.91 Å². The van der Waals surface area contributed by atoms with Crippen LogP contribution in [0.1, 0.15) is 25.8 Å². The molecular weight excluding hydrogens is 280 g/mol. The molecule has 0 radical (unpaired) electrons. The topological polar surface area (TPSA) is 55.1 Å². The zero-order valence-electron chi connectivity index (χ0n) is 10.5. The van der Waals surface area contributed by atoms with Gasteiger partial charge in [-0.15, -0.1) is 0 Å². The Morgan fingerprint density at radius 1 is 1.53 bits per heavy atom. The van der Waals surface area contributed by atoms with E-state index in [0.717, 1.165) is 22.1 Å². The van der Waals surface area contributed by atoms with Crippen LogP contribution in [0.15, 0.2) is 22.7 Å². The van der Waals surface area contributed by atoms with Gasteiger partial charge < -0.3 is 11.1 Å². The third-order valence-electron chi connectivity index (χ3n) is 3.09. The number of carbonyl (C=O) groups is 1. The molecule has 1 amide bonds. The highest BCUT2D eigenvalue weighted by molar-refractivity contribution is 9.10. The molecule has 0 aromatic heterocycles. The van der Waals surface area contributed by atoms with Crippen molar-refractivity contribution in [2.45, 2.75) is 33.2 Å². The number of rotatable bonds is 4. The molecular formula is C13H19BrN2O. The normalized spacial score (nSPS) is 14.2. The zero-order valence-corrected chi connectivity index (χ0v) is 12.0. The highest BCUT2D eigenvalue weighted by Crippen LogP contribution is 2.23. The van der Waals surface area contributed by atoms with Gasteiger partial charge >= 0.3 is 0 Å². The van der Waals surface area contributed by atoms with Gasteiger partial charge in [-0.1, -0.05) is 42.3 Å². The molecule has 94 valence electrons. The molecule has 3 nitrogen and oxygen atoms in total. The Morgan fingerprint density at radius 2 is 2.18 bits per heavy atom. The first kappa shape index (κ1) is 14.2. The fourth-order valence-corrected chi connectivity index (χ4v) is 1.84. The molecule has 1 aromatic carbocycles. The highest BCUT2D eigenvalue weighted by atomic mass is 79.9. The molecule has 2 atom stereocenters. The first-order valence-electron chi connectivity index (χ1n) is 5.79. The van der Waals surface area contributed by atoms with Crippen LogP contribution in [0.3, 0.4) is 0 Å². The summed E-state index contributed by atoms with van der Waals surface area (Å²) in [4.78, 5) is 11.9. The Morgan fingerprint density at radius 3 is 2.76 bits per heavy atom. The molecule has 1 aromatic rings. The van der Waals surface area contributed by atoms with Gasteiger partial charge in [-0.2, -0.15) is 0 Å². The predicted molar refractivity (Wildman–Crippen MR) is 74.9 cm³/mol. The number of anilines is 1. The standard InChI is InChI=1S/C13H19BrN2O/c1-4-8(2)12(15)13(17)16-11-7-5-6-10(14)9(11)3/h5-8,12H,4,15H2,1-3H3,(H,16,17)/t8?,12-/m0/s1. The molecule has 0 fully saturated rings. The van der Waals surface area contributed by atoms with Crippen molar-refractivity contribution in [3.8, 4) is 0 Å². The predicted octanol–water partition coefficient (Wildman–Crippen LogP) is 3.07. The minimum absolute atomic E-state index is 0.124. The Kier molecular flexibility index (Phi) is 5.15. The van der Waals surface area contributed by atoms with Crippen LogP contribution in [-0.2, 0) is 4.79 Å². The first-order chi connectivity index (χ1) is 7.97. The van der Waals surface area contributed by atoms with Gasteiger partial charge in [0.15, 0.2) is 0 Å². The summed E-state index contributed by atoms with van der Waals surface area (Å²) >= 11 is 3.43. The molecule has 1 unspecified atom stereocenters. The van der Waals surface area contributed by atoms with E-state index in [-0.39, 0.29) is 11.8 Å². The first-order valence-corrected chi connectivity index (χ1v) is 6.58. The van der Waals surface area contributed by atoms with Crippen molar-refractivity contribution in [3.05, 3.63) is 28.2 Å². The van der Waals surface area contributed by atoms with Crippen LogP contribution >= 0.6 is 15.9 Å². The summed E-state index contributed by atoms with van der Waals surface area (Å²) in [6, 6.07) is 5.25. The van der Waals surface area contributed by atoms with E-state index in [1.807, 2.05) is 39.0 Å². The van der Waals surface area contributed by atoms with Crippen LogP contribution < -0.4 is 11.1 Å². The lowest BCUT2D eigenvalue weighted by Gasteiger charge is -2.18. The maximum atomic E-state index is 11.9. The minimum atomic E-state index is -0.460. The van der Waals surface area contributed by atoms with Gasteiger partial charge in [0, 0.05) is 10.2 Å². The molecule has 17 heavy (non-hydrogen) atoms. The Labute approximate surface area is 111 Å². The number of amides is 1. The van der Waals surface area contributed by atoms with E-state index in [4.69, 9.17) is 5.73 Å².